The van der Waals surface area contributed by atoms with Crippen LogP contribution in [0, 0.1) is 0 Å². The van der Waals surface area contributed by atoms with Crippen molar-refractivity contribution in [1.29, 1.82) is 0 Å². The molecule has 0 saturated heterocycles. The Morgan fingerprint density at radius 3 is 1.70 bits per heavy atom. The molecule has 0 aliphatic rings. The minimum absolute atomic E-state index is 1.12. The Morgan fingerprint density at radius 2 is 0.930 bits per heavy atom. The van der Waals surface area contributed by atoms with E-state index in [1.807, 2.05) is 11.3 Å². The van der Waals surface area contributed by atoms with E-state index in [0.717, 1.165) is 11.4 Å². The quantitative estimate of drug-likeness (QED) is 0.159. The summed E-state index contributed by atoms with van der Waals surface area (Å²) in [5, 5.41) is 12.7. The molecule has 0 N–H and O–H groups in total. The third kappa shape index (κ3) is 4.96. The zero-order valence-corrected chi connectivity index (χ0v) is 31.7. The molecule has 2 heterocycles. The summed E-state index contributed by atoms with van der Waals surface area (Å²) in [6, 6.07) is 75.7. The molecule has 0 atom stereocenters. The second-order valence-corrected chi connectivity index (χ2v) is 15.9. The van der Waals surface area contributed by atoms with Crippen LogP contribution in [0.4, 0.5) is 17.1 Å². The molecule has 3 heteroatoms. The standard InChI is InChI=1S/C54H34N2S/c1-4-18-42-36(13-1)29-32-48-47-23-12-26-51(54(47)57-53(42)48)55(52-34-38-14-2-3-17-41(38)43-19-5-6-20-44(43)52)39-30-27-35(28-31-39)37-15-11-16-40(33-37)56-49-24-9-7-21-45(49)46-22-8-10-25-50(46)56/h1-34H. The van der Waals surface area contributed by atoms with Gasteiger partial charge in [0, 0.05) is 43.0 Å². The van der Waals surface area contributed by atoms with Gasteiger partial charge in [0.15, 0.2) is 0 Å². The van der Waals surface area contributed by atoms with Crippen molar-refractivity contribution in [2.75, 3.05) is 4.90 Å². The fraction of sp³-hybridized carbons (Fsp3) is 0. The average Bonchev–Trinajstić information content (AvgIpc) is 3.84. The number of hydrogen-bond donors (Lipinski definition) is 0. The highest BCUT2D eigenvalue weighted by atomic mass is 32.1. The summed E-state index contributed by atoms with van der Waals surface area (Å²) in [6.07, 6.45) is 0. The van der Waals surface area contributed by atoms with Crippen molar-refractivity contribution in [3.05, 3.63) is 206 Å². The number of rotatable bonds is 5. The normalized spacial score (nSPS) is 11.9. The smallest absolute Gasteiger partial charge is 0.0640 e. The Balaban J connectivity index is 1.06. The lowest BCUT2D eigenvalue weighted by atomic mass is 9.98. The van der Waals surface area contributed by atoms with Crippen LogP contribution in [0.2, 0.25) is 0 Å². The summed E-state index contributed by atoms with van der Waals surface area (Å²) in [4.78, 5) is 2.49. The second kappa shape index (κ2) is 12.7. The minimum atomic E-state index is 1.12. The zero-order chi connectivity index (χ0) is 37.5. The van der Waals surface area contributed by atoms with E-state index in [-0.39, 0.29) is 0 Å². The lowest BCUT2D eigenvalue weighted by Crippen LogP contribution is -2.11. The minimum Gasteiger partial charge on any atom is -0.309 e. The first kappa shape index (κ1) is 32.1. The van der Waals surface area contributed by atoms with E-state index in [9.17, 15) is 0 Å². The SMILES string of the molecule is c1cc(-c2ccc(N(c3cc4ccccc4c4ccccc34)c3cccc4c3sc3c5ccccc5ccc43)cc2)cc(-n2c3ccccc3c3ccccc32)c1. The Bertz CT molecular complexity index is 3480. The molecular weight excluding hydrogens is 709 g/mol. The molecule has 2 nitrogen and oxygen atoms in total. The summed E-state index contributed by atoms with van der Waals surface area (Å²) in [5.41, 5.74) is 9.41. The number of thiophene rings is 1. The summed E-state index contributed by atoms with van der Waals surface area (Å²) >= 11 is 1.90. The van der Waals surface area contributed by atoms with Crippen molar-refractivity contribution < 1.29 is 0 Å². The van der Waals surface area contributed by atoms with Crippen LogP contribution >= 0.6 is 11.3 Å². The molecule has 0 aliphatic heterocycles. The van der Waals surface area contributed by atoms with Gasteiger partial charge in [0.1, 0.15) is 0 Å². The Morgan fingerprint density at radius 1 is 0.333 bits per heavy atom. The van der Waals surface area contributed by atoms with Gasteiger partial charge in [0.25, 0.3) is 0 Å². The molecule has 57 heavy (non-hydrogen) atoms. The lowest BCUT2D eigenvalue weighted by Gasteiger charge is -2.28. The van der Waals surface area contributed by atoms with E-state index >= 15 is 0 Å². The van der Waals surface area contributed by atoms with Gasteiger partial charge in [0.2, 0.25) is 0 Å². The van der Waals surface area contributed by atoms with Gasteiger partial charge < -0.3 is 9.47 Å². The van der Waals surface area contributed by atoms with Crippen molar-refractivity contribution in [3.63, 3.8) is 0 Å². The average molecular weight is 743 g/mol. The number of nitrogens with zero attached hydrogens (tertiary/aromatic N) is 2. The number of benzene rings is 10. The van der Waals surface area contributed by atoms with Crippen LogP contribution in [0.3, 0.4) is 0 Å². The molecule has 0 unspecified atom stereocenters. The van der Waals surface area contributed by atoms with Gasteiger partial charge >= 0.3 is 0 Å². The first-order chi connectivity index (χ1) is 28.3. The van der Waals surface area contributed by atoms with Crippen molar-refractivity contribution in [2.45, 2.75) is 0 Å². The predicted octanol–water partition coefficient (Wildman–Crippen LogP) is 15.7. The molecule has 266 valence electrons. The fourth-order valence-electron chi connectivity index (χ4n) is 9.14. The summed E-state index contributed by atoms with van der Waals surface area (Å²) in [6.45, 7) is 0. The van der Waals surface area contributed by atoms with Gasteiger partial charge in [-0.2, -0.15) is 0 Å². The second-order valence-electron chi connectivity index (χ2n) is 14.9. The van der Waals surface area contributed by atoms with Gasteiger partial charge in [0.05, 0.1) is 27.1 Å². The van der Waals surface area contributed by atoms with Gasteiger partial charge in [-0.3, -0.25) is 0 Å². The predicted molar refractivity (Wildman–Crippen MR) is 246 cm³/mol. The highest BCUT2D eigenvalue weighted by Gasteiger charge is 2.22. The van der Waals surface area contributed by atoms with E-state index in [2.05, 4.69) is 216 Å². The molecule has 0 aliphatic carbocycles. The molecule has 0 saturated carbocycles. The van der Waals surface area contributed by atoms with Crippen LogP contribution in [0.15, 0.2) is 206 Å². The maximum Gasteiger partial charge on any atom is 0.0640 e. The number of fused-ring (bicyclic) bond motifs is 11. The van der Waals surface area contributed by atoms with Gasteiger partial charge in [-0.15, -0.1) is 11.3 Å². The van der Waals surface area contributed by atoms with Crippen LogP contribution < -0.4 is 4.90 Å². The van der Waals surface area contributed by atoms with Crippen LogP contribution in [-0.4, -0.2) is 4.57 Å². The molecule has 12 aromatic rings. The molecule has 12 rings (SSSR count). The molecule has 10 aromatic carbocycles. The van der Waals surface area contributed by atoms with E-state index < -0.39 is 0 Å². The van der Waals surface area contributed by atoms with Gasteiger partial charge in [-0.05, 0) is 86.6 Å². The van der Waals surface area contributed by atoms with Gasteiger partial charge in [-0.25, -0.2) is 0 Å². The number of hydrogen-bond acceptors (Lipinski definition) is 2. The molecule has 0 bridgehead atoms. The van der Waals surface area contributed by atoms with E-state index in [4.69, 9.17) is 0 Å². The Kier molecular flexibility index (Phi) is 7.13. The van der Waals surface area contributed by atoms with Crippen LogP contribution in [0.25, 0.3) is 91.1 Å². The van der Waals surface area contributed by atoms with Crippen molar-refractivity contribution in [3.8, 4) is 16.8 Å². The summed E-state index contributed by atoms with van der Waals surface area (Å²) in [7, 11) is 0. The monoisotopic (exact) mass is 742 g/mol. The molecule has 0 fully saturated rings. The van der Waals surface area contributed by atoms with Crippen LogP contribution in [-0.2, 0) is 0 Å². The third-order valence-electron chi connectivity index (χ3n) is 11.7. The van der Waals surface area contributed by atoms with Crippen molar-refractivity contribution in [2.24, 2.45) is 0 Å². The Labute approximate surface area is 333 Å². The molecule has 0 radical (unpaired) electrons. The van der Waals surface area contributed by atoms with E-state index in [0.29, 0.717) is 0 Å². The van der Waals surface area contributed by atoms with Gasteiger partial charge in [-0.1, -0.05) is 158 Å². The highest BCUT2D eigenvalue weighted by Crippen LogP contribution is 2.49. The fourth-order valence-corrected chi connectivity index (χ4v) is 10.5. The third-order valence-corrected chi connectivity index (χ3v) is 13.0. The van der Waals surface area contributed by atoms with E-state index in [1.165, 1.54) is 96.8 Å². The maximum atomic E-state index is 2.49. The Hall–Kier alpha value is -7.20. The first-order valence-electron chi connectivity index (χ1n) is 19.5. The summed E-state index contributed by atoms with van der Waals surface area (Å²) in [5.74, 6) is 0. The van der Waals surface area contributed by atoms with Crippen LogP contribution in [0.5, 0.6) is 0 Å². The number of para-hydroxylation sites is 2. The number of aromatic nitrogens is 1. The highest BCUT2D eigenvalue weighted by molar-refractivity contribution is 7.27. The maximum absolute atomic E-state index is 2.49. The zero-order valence-electron chi connectivity index (χ0n) is 30.9. The lowest BCUT2D eigenvalue weighted by molar-refractivity contribution is 1.18. The number of anilines is 3. The largest absolute Gasteiger partial charge is 0.309 e. The van der Waals surface area contributed by atoms with Crippen molar-refractivity contribution in [1.82, 2.24) is 4.57 Å². The van der Waals surface area contributed by atoms with Crippen LogP contribution in [0.1, 0.15) is 0 Å². The first-order valence-corrected chi connectivity index (χ1v) is 20.3. The van der Waals surface area contributed by atoms with E-state index in [1.54, 1.807) is 0 Å². The topological polar surface area (TPSA) is 8.17 Å². The summed E-state index contributed by atoms with van der Waals surface area (Å²) < 4.78 is 5.01. The molecule has 0 spiro atoms. The molecule has 2 aromatic heterocycles. The van der Waals surface area contributed by atoms with Crippen molar-refractivity contribution >= 4 is 103 Å². The molecule has 0 amide bonds. The molecular formula is C54H34N2S.